The Morgan fingerprint density at radius 1 is 1.35 bits per heavy atom. The van der Waals surface area contributed by atoms with E-state index in [0.717, 1.165) is 12.3 Å². The topological polar surface area (TPSA) is 120 Å². The molecule has 0 bridgehead atoms. The molecule has 0 saturated carbocycles. The number of hydrogen-bond acceptors (Lipinski definition) is 7. The molecule has 8 nitrogen and oxygen atoms in total. The molecule has 2 aromatic rings. The Morgan fingerprint density at radius 3 is 2.61 bits per heavy atom. The molecule has 0 aliphatic rings. The second-order valence-corrected chi connectivity index (χ2v) is 6.38. The minimum Gasteiger partial charge on any atom is -0.497 e. The van der Waals surface area contributed by atoms with Crippen molar-refractivity contribution < 1.29 is 31.7 Å². The molecule has 23 heavy (non-hydrogen) atoms. The fourth-order valence-corrected chi connectivity index (χ4v) is 2.65. The summed E-state index contributed by atoms with van der Waals surface area (Å²) < 4.78 is 37.0. The van der Waals surface area contributed by atoms with Crippen LogP contribution in [0.2, 0.25) is 0 Å². The molecule has 1 N–H and O–H groups in total. The average Bonchev–Trinajstić information content (AvgIpc) is 2.44. The van der Waals surface area contributed by atoms with Gasteiger partial charge in [0.1, 0.15) is 11.3 Å². The first-order chi connectivity index (χ1) is 10.7. The van der Waals surface area contributed by atoms with E-state index < -0.39 is 27.8 Å². The molecule has 0 aliphatic heterocycles. The molecule has 0 unspecified atom stereocenters. The van der Waals surface area contributed by atoms with Crippen molar-refractivity contribution in [1.29, 1.82) is 0 Å². The first-order valence-electron chi connectivity index (χ1n) is 6.41. The number of carboxylic acid groups (broad SMARTS) is 1. The molecule has 0 radical (unpaired) electrons. The smallest absolute Gasteiger partial charge is 0.336 e. The molecule has 0 fully saturated rings. The van der Waals surface area contributed by atoms with E-state index >= 15 is 0 Å². The Labute approximate surface area is 131 Å². The summed E-state index contributed by atoms with van der Waals surface area (Å²) in [7, 11) is -2.52. The van der Waals surface area contributed by atoms with Gasteiger partial charge in [-0.15, -0.1) is 0 Å². The van der Waals surface area contributed by atoms with Crippen molar-refractivity contribution in [3.8, 4) is 5.75 Å². The van der Waals surface area contributed by atoms with Gasteiger partial charge in [0.2, 0.25) is 0 Å². The van der Waals surface area contributed by atoms with E-state index in [9.17, 15) is 18.0 Å². The fourth-order valence-electron chi connectivity index (χ4n) is 2.08. The van der Waals surface area contributed by atoms with E-state index in [0.29, 0.717) is 16.7 Å². The van der Waals surface area contributed by atoms with Crippen molar-refractivity contribution in [1.82, 2.24) is 0 Å². The van der Waals surface area contributed by atoms with Gasteiger partial charge in [-0.25, -0.2) is 9.59 Å². The zero-order valence-corrected chi connectivity index (χ0v) is 13.1. The summed E-state index contributed by atoms with van der Waals surface area (Å²) in [6, 6.07) is 5.79. The molecule has 0 saturated heterocycles. The lowest BCUT2D eigenvalue weighted by Crippen LogP contribution is -2.29. The van der Waals surface area contributed by atoms with E-state index in [-0.39, 0.29) is 12.0 Å². The second-order valence-electron chi connectivity index (χ2n) is 4.78. The predicted octanol–water partition coefficient (Wildman–Crippen LogP) is 0.773. The Bertz CT molecular complexity index is 897. The van der Waals surface area contributed by atoms with Crippen LogP contribution in [0.15, 0.2) is 33.5 Å². The number of methoxy groups -OCH3 is 1. The number of ether oxygens (including phenoxy) is 1. The Morgan fingerprint density at radius 2 is 2.04 bits per heavy atom. The minimum atomic E-state index is -3.96. The lowest BCUT2D eigenvalue weighted by molar-refractivity contribution is -0.144. The minimum absolute atomic E-state index is 0.204. The van der Waals surface area contributed by atoms with Gasteiger partial charge in [0.05, 0.1) is 13.4 Å². The summed E-state index contributed by atoms with van der Waals surface area (Å²) in [5, 5.41) is 9.58. The Kier molecular flexibility index (Phi) is 4.71. The van der Waals surface area contributed by atoms with Crippen LogP contribution in [0.1, 0.15) is 5.56 Å². The summed E-state index contributed by atoms with van der Waals surface area (Å²) in [5.74, 6) is -0.995. The summed E-state index contributed by atoms with van der Waals surface area (Å²) in [5.41, 5.74) is -0.186. The van der Waals surface area contributed by atoms with Gasteiger partial charge in [0, 0.05) is 23.9 Å². The molecular weight excluding hydrogens is 328 g/mol. The molecule has 1 heterocycles. The number of carboxylic acids is 1. The van der Waals surface area contributed by atoms with E-state index in [1.165, 1.54) is 13.2 Å². The molecule has 9 heteroatoms. The van der Waals surface area contributed by atoms with Crippen LogP contribution < -0.4 is 10.4 Å². The van der Waals surface area contributed by atoms with Crippen molar-refractivity contribution in [3.63, 3.8) is 0 Å². The van der Waals surface area contributed by atoms with Crippen molar-refractivity contribution in [3.05, 3.63) is 40.2 Å². The van der Waals surface area contributed by atoms with Crippen LogP contribution >= 0.6 is 0 Å². The summed E-state index contributed by atoms with van der Waals surface area (Å²) >= 11 is 0. The standard InChI is InChI=1S/C14H14O8S/c1-20-9-3-4-10-8(6-13(15)21-11(10)7-9)5-12(14(16)17)22-23(2,18)19/h3-4,6-7,12H,5H2,1-2H3,(H,16,17)/t12-/m0/s1. The van der Waals surface area contributed by atoms with Gasteiger partial charge in [0.15, 0.2) is 6.10 Å². The van der Waals surface area contributed by atoms with Crippen LogP contribution in [-0.2, 0) is 25.5 Å². The van der Waals surface area contributed by atoms with E-state index in [1.807, 2.05) is 0 Å². The number of benzene rings is 1. The number of aliphatic carboxylic acids is 1. The zero-order valence-electron chi connectivity index (χ0n) is 12.3. The summed E-state index contributed by atoms with van der Waals surface area (Å²) in [6.45, 7) is 0. The first-order valence-corrected chi connectivity index (χ1v) is 8.23. The van der Waals surface area contributed by atoms with Gasteiger partial charge in [-0.1, -0.05) is 0 Å². The highest BCUT2D eigenvalue weighted by Gasteiger charge is 2.25. The lowest BCUT2D eigenvalue weighted by atomic mass is 10.0. The quantitative estimate of drug-likeness (QED) is 0.604. The Balaban J connectivity index is 2.49. The number of hydrogen-bond donors (Lipinski definition) is 1. The maximum Gasteiger partial charge on any atom is 0.336 e. The summed E-state index contributed by atoms with van der Waals surface area (Å²) in [4.78, 5) is 22.8. The van der Waals surface area contributed by atoms with Crippen molar-refractivity contribution in [2.45, 2.75) is 12.5 Å². The number of rotatable bonds is 6. The highest BCUT2D eigenvalue weighted by molar-refractivity contribution is 7.86. The van der Waals surface area contributed by atoms with Gasteiger partial charge in [-0.3, -0.25) is 4.18 Å². The SMILES string of the molecule is COc1ccc2c(C[C@H](OS(C)(=O)=O)C(=O)O)cc(=O)oc2c1. The van der Waals surface area contributed by atoms with Crippen LogP contribution in [0.5, 0.6) is 5.75 Å². The molecule has 0 spiro atoms. The largest absolute Gasteiger partial charge is 0.497 e. The molecular formula is C14H14O8S. The highest BCUT2D eigenvalue weighted by Crippen LogP contribution is 2.24. The van der Waals surface area contributed by atoms with Crippen molar-refractivity contribution in [2.24, 2.45) is 0 Å². The van der Waals surface area contributed by atoms with Crippen LogP contribution in [0.3, 0.4) is 0 Å². The third-order valence-corrected chi connectivity index (χ3v) is 3.59. The van der Waals surface area contributed by atoms with Crippen LogP contribution in [0.4, 0.5) is 0 Å². The third kappa shape index (κ3) is 4.30. The van der Waals surface area contributed by atoms with E-state index in [1.54, 1.807) is 12.1 Å². The van der Waals surface area contributed by atoms with Gasteiger partial charge in [0.25, 0.3) is 10.1 Å². The highest BCUT2D eigenvalue weighted by atomic mass is 32.2. The van der Waals surface area contributed by atoms with Gasteiger partial charge in [-0.05, 0) is 17.7 Å². The maximum atomic E-state index is 11.6. The average molecular weight is 342 g/mol. The normalized spacial score (nSPS) is 13.0. The molecule has 0 aliphatic carbocycles. The maximum absolute atomic E-state index is 11.6. The third-order valence-electron chi connectivity index (χ3n) is 3.01. The lowest BCUT2D eigenvalue weighted by Gasteiger charge is -2.13. The molecule has 1 atom stereocenters. The van der Waals surface area contributed by atoms with Gasteiger partial charge >= 0.3 is 11.6 Å². The van der Waals surface area contributed by atoms with Gasteiger partial charge in [-0.2, -0.15) is 8.42 Å². The second kappa shape index (κ2) is 6.39. The summed E-state index contributed by atoms with van der Waals surface area (Å²) in [6.07, 6.45) is -1.20. The molecule has 1 aromatic carbocycles. The molecule has 2 rings (SSSR count). The first kappa shape index (κ1) is 17.0. The fraction of sp³-hybridized carbons (Fsp3) is 0.286. The number of carbonyl (C=O) groups is 1. The van der Waals surface area contributed by atoms with Crippen LogP contribution in [-0.4, -0.2) is 39.0 Å². The Hall–Kier alpha value is -2.39. The van der Waals surface area contributed by atoms with Crippen molar-refractivity contribution >= 4 is 27.1 Å². The van der Waals surface area contributed by atoms with E-state index in [2.05, 4.69) is 4.18 Å². The monoisotopic (exact) mass is 342 g/mol. The van der Waals surface area contributed by atoms with Crippen LogP contribution in [0.25, 0.3) is 11.0 Å². The molecule has 1 aromatic heterocycles. The van der Waals surface area contributed by atoms with Crippen LogP contribution in [0, 0.1) is 0 Å². The van der Waals surface area contributed by atoms with Gasteiger partial charge < -0.3 is 14.3 Å². The zero-order chi connectivity index (χ0) is 17.2. The predicted molar refractivity (Wildman–Crippen MR) is 80.1 cm³/mol. The van der Waals surface area contributed by atoms with E-state index in [4.69, 9.17) is 14.3 Å². The number of fused-ring (bicyclic) bond motifs is 1. The molecule has 124 valence electrons. The molecule has 0 amide bonds. The van der Waals surface area contributed by atoms with Crippen molar-refractivity contribution in [2.75, 3.05) is 13.4 Å².